The van der Waals surface area contributed by atoms with Crippen LogP contribution in [0.15, 0.2) is 51.7 Å². The van der Waals surface area contributed by atoms with E-state index in [0.29, 0.717) is 21.2 Å². The lowest BCUT2D eigenvalue weighted by atomic mass is 10.1. The number of hydrogen-bond acceptors (Lipinski definition) is 4. The van der Waals surface area contributed by atoms with Crippen molar-refractivity contribution in [2.45, 2.75) is 0 Å². The van der Waals surface area contributed by atoms with Gasteiger partial charge in [-0.2, -0.15) is 5.26 Å². The van der Waals surface area contributed by atoms with Crippen LogP contribution in [0, 0.1) is 11.3 Å². The number of rotatable bonds is 3. The van der Waals surface area contributed by atoms with Crippen molar-refractivity contribution in [1.29, 1.82) is 5.26 Å². The molecule has 0 aliphatic rings. The molecular weight excluding hydrogens is 337 g/mol. The van der Waals surface area contributed by atoms with Crippen molar-refractivity contribution in [1.82, 2.24) is 0 Å². The Labute approximate surface area is 141 Å². The number of ether oxygens (including phenoxy) is 1. The van der Waals surface area contributed by atoms with Crippen molar-refractivity contribution >= 4 is 34.2 Å². The molecule has 6 heteroatoms. The van der Waals surface area contributed by atoms with Crippen LogP contribution in [0.2, 0.25) is 10.0 Å². The van der Waals surface area contributed by atoms with Gasteiger partial charge < -0.3 is 9.15 Å². The molecule has 114 valence electrons. The van der Waals surface area contributed by atoms with Crippen LogP contribution in [0.4, 0.5) is 0 Å². The highest BCUT2D eigenvalue weighted by atomic mass is 35.5. The Hall–Kier alpha value is -2.48. The van der Waals surface area contributed by atoms with Gasteiger partial charge in [-0.1, -0.05) is 35.3 Å². The summed E-state index contributed by atoms with van der Waals surface area (Å²) in [6, 6.07) is 13.5. The molecule has 23 heavy (non-hydrogen) atoms. The predicted octanol–water partition coefficient (Wildman–Crippen LogP) is 4.67. The zero-order chi connectivity index (χ0) is 16.4. The maximum atomic E-state index is 12.7. The summed E-state index contributed by atoms with van der Waals surface area (Å²) in [6.45, 7) is -0.283. The summed E-state index contributed by atoms with van der Waals surface area (Å²) in [7, 11) is 0. The van der Waals surface area contributed by atoms with Crippen molar-refractivity contribution in [3.05, 3.63) is 62.7 Å². The first kappa shape index (κ1) is 15.4. The largest absolute Gasteiger partial charge is 0.471 e. The second kappa shape index (κ2) is 6.33. The van der Waals surface area contributed by atoms with Crippen LogP contribution in [-0.2, 0) is 0 Å². The molecule has 0 unspecified atom stereocenters. The van der Waals surface area contributed by atoms with Gasteiger partial charge in [0.1, 0.15) is 11.7 Å². The smallest absolute Gasteiger partial charge is 0.235 e. The average Bonchev–Trinajstić information content (AvgIpc) is 2.55. The van der Waals surface area contributed by atoms with Crippen molar-refractivity contribution in [3.8, 4) is 23.1 Å². The van der Waals surface area contributed by atoms with Gasteiger partial charge in [-0.15, -0.1) is 0 Å². The summed E-state index contributed by atoms with van der Waals surface area (Å²) >= 11 is 12.1. The van der Waals surface area contributed by atoms with E-state index >= 15 is 0 Å². The zero-order valence-electron chi connectivity index (χ0n) is 11.7. The van der Waals surface area contributed by atoms with Gasteiger partial charge in [0, 0.05) is 10.6 Å². The Morgan fingerprint density at radius 1 is 1.17 bits per heavy atom. The topological polar surface area (TPSA) is 63.2 Å². The van der Waals surface area contributed by atoms with Crippen LogP contribution in [0.5, 0.6) is 5.75 Å². The maximum absolute atomic E-state index is 12.7. The maximum Gasteiger partial charge on any atom is 0.235 e. The van der Waals surface area contributed by atoms with Crippen molar-refractivity contribution in [2.24, 2.45) is 0 Å². The van der Waals surface area contributed by atoms with Gasteiger partial charge in [-0.05, 0) is 30.3 Å². The molecule has 0 saturated heterocycles. The second-order valence-electron chi connectivity index (χ2n) is 4.66. The fraction of sp³-hybridized carbons (Fsp3) is 0.0588. The van der Waals surface area contributed by atoms with E-state index in [1.807, 2.05) is 6.07 Å². The number of halogens is 2. The summed E-state index contributed by atoms with van der Waals surface area (Å²) < 4.78 is 11.1. The van der Waals surface area contributed by atoms with E-state index in [1.165, 1.54) is 6.07 Å². The third-order valence-corrected chi connectivity index (χ3v) is 3.77. The van der Waals surface area contributed by atoms with Crippen LogP contribution < -0.4 is 10.2 Å². The molecule has 3 rings (SSSR count). The minimum atomic E-state index is -0.404. The number of hydrogen-bond donors (Lipinski definition) is 0. The van der Waals surface area contributed by atoms with Crippen molar-refractivity contribution in [2.75, 3.05) is 6.61 Å². The zero-order valence-corrected chi connectivity index (χ0v) is 13.2. The first-order chi connectivity index (χ1) is 11.1. The number of nitrogens with zero attached hydrogens (tertiary/aromatic N) is 1. The highest BCUT2D eigenvalue weighted by Crippen LogP contribution is 2.35. The van der Waals surface area contributed by atoms with Crippen LogP contribution in [0.1, 0.15) is 0 Å². The van der Waals surface area contributed by atoms with Crippen molar-refractivity contribution < 1.29 is 9.15 Å². The molecule has 0 bridgehead atoms. The molecule has 1 aromatic heterocycles. The van der Waals surface area contributed by atoms with Gasteiger partial charge in [0.15, 0.2) is 12.4 Å². The summed E-state index contributed by atoms with van der Waals surface area (Å²) in [5.41, 5.74) is 0.466. The van der Waals surface area contributed by atoms with Gasteiger partial charge in [0.25, 0.3) is 0 Å². The van der Waals surface area contributed by atoms with Crippen LogP contribution in [0.25, 0.3) is 22.3 Å². The standard InChI is InChI=1S/C17H9Cl2NO3/c18-10-5-6-14-12(9-10)15(21)17(22-8-7-20)16(23-14)11-3-1-2-4-13(11)19/h1-6,9H,8H2. The third kappa shape index (κ3) is 2.89. The van der Waals surface area contributed by atoms with E-state index in [9.17, 15) is 4.79 Å². The molecule has 1 heterocycles. The first-order valence-electron chi connectivity index (χ1n) is 6.63. The summed E-state index contributed by atoms with van der Waals surface area (Å²) in [4.78, 5) is 12.7. The van der Waals surface area contributed by atoms with E-state index < -0.39 is 5.43 Å². The molecule has 2 aromatic carbocycles. The lowest BCUT2D eigenvalue weighted by Crippen LogP contribution is -2.10. The molecule has 0 saturated carbocycles. The van der Waals surface area contributed by atoms with E-state index in [1.54, 1.807) is 36.4 Å². The molecule has 0 fully saturated rings. The van der Waals surface area contributed by atoms with Gasteiger partial charge >= 0.3 is 0 Å². The number of nitriles is 1. The normalized spacial score (nSPS) is 10.5. The van der Waals surface area contributed by atoms with Gasteiger partial charge in [-0.25, -0.2) is 0 Å². The van der Waals surface area contributed by atoms with Crippen LogP contribution >= 0.6 is 23.2 Å². The Morgan fingerprint density at radius 3 is 2.70 bits per heavy atom. The molecule has 0 atom stereocenters. The molecule has 0 amide bonds. The van der Waals surface area contributed by atoms with E-state index in [4.69, 9.17) is 37.6 Å². The minimum absolute atomic E-state index is 0.0607. The number of fused-ring (bicyclic) bond motifs is 1. The highest BCUT2D eigenvalue weighted by molar-refractivity contribution is 6.33. The highest BCUT2D eigenvalue weighted by Gasteiger charge is 2.19. The van der Waals surface area contributed by atoms with E-state index in [-0.39, 0.29) is 23.5 Å². The van der Waals surface area contributed by atoms with E-state index in [2.05, 4.69) is 0 Å². The Morgan fingerprint density at radius 2 is 1.96 bits per heavy atom. The van der Waals surface area contributed by atoms with Crippen LogP contribution in [-0.4, -0.2) is 6.61 Å². The fourth-order valence-electron chi connectivity index (χ4n) is 2.21. The molecule has 0 spiro atoms. The summed E-state index contributed by atoms with van der Waals surface area (Å²) in [6.07, 6.45) is 0. The van der Waals surface area contributed by atoms with Gasteiger partial charge in [0.2, 0.25) is 11.2 Å². The summed E-state index contributed by atoms with van der Waals surface area (Å²) in [5, 5.41) is 9.83. The predicted molar refractivity (Wildman–Crippen MR) is 89.0 cm³/mol. The SMILES string of the molecule is N#CCOc1c(-c2ccccc2Cl)oc2ccc(Cl)cc2c1=O. The molecular formula is C17H9Cl2NO3. The fourth-order valence-corrected chi connectivity index (χ4v) is 2.60. The second-order valence-corrected chi connectivity index (χ2v) is 5.50. The molecule has 0 N–H and O–H groups in total. The molecule has 0 aliphatic carbocycles. The van der Waals surface area contributed by atoms with Crippen LogP contribution in [0.3, 0.4) is 0 Å². The first-order valence-corrected chi connectivity index (χ1v) is 7.38. The van der Waals surface area contributed by atoms with Gasteiger partial charge in [-0.3, -0.25) is 4.79 Å². The Kier molecular flexibility index (Phi) is 4.24. The lowest BCUT2D eigenvalue weighted by Gasteiger charge is -2.11. The molecule has 0 aliphatic heterocycles. The monoisotopic (exact) mass is 345 g/mol. The average molecular weight is 346 g/mol. The van der Waals surface area contributed by atoms with Crippen molar-refractivity contribution in [3.63, 3.8) is 0 Å². The lowest BCUT2D eigenvalue weighted by molar-refractivity contribution is 0.356. The number of benzene rings is 2. The minimum Gasteiger partial charge on any atom is -0.471 e. The summed E-state index contributed by atoms with van der Waals surface area (Å²) in [5.74, 6) is 0.125. The van der Waals surface area contributed by atoms with E-state index in [0.717, 1.165) is 0 Å². The molecule has 4 nitrogen and oxygen atoms in total. The molecule has 0 radical (unpaired) electrons. The Bertz CT molecular complexity index is 989. The third-order valence-electron chi connectivity index (χ3n) is 3.21. The van der Waals surface area contributed by atoms with Gasteiger partial charge in [0.05, 0.1) is 10.4 Å². The Balaban J connectivity index is 2.36. The molecule has 3 aromatic rings. The quantitative estimate of drug-likeness (QED) is 0.691.